The molecule has 226 valence electrons. The molecule has 0 aliphatic heterocycles. The third-order valence-corrected chi connectivity index (χ3v) is 9.41. The highest BCUT2D eigenvalue weighted by Crippen LogP contribution is 2.41. The lowest BCUT2D eigenvalue weighted by atomic mass is 9.72. The standard InChI is InChI=1S/C29H35ClF3N7O2/c1-14(2)39(12-17-8-23(26(42)25(17)41)40-4-3-18-27(34)35-13-36-28(18)40)11-16-5-15(6-16)7-24-37-21-9-19(29(31,32)33)20(30)10-22(21)38-24/h3-4,9-10,13-17,23,25-26,41-42H,5-8,11-12H2,1-2H3,(H,37,38)(H2,34,35,36). The van der Waals surface area contributed by atoms with E-state index < -0.39 is 23.9 Å². The molecule has 9 nitrogen and oxygen atoms in total. The van der Waals surface area contributed by atoms with Crippen molar-refractivity contribution in [2.75, 3.05) is 18.8 Å². The van der Waals surface area contributed by atoms with E-state index in [0.29, 0.717) is 59.5 Å². The first-order chi connectivity index (χ1) is 19.9. The van der Waals surface area contributed by atoms with Crippen molar-refractivity contribution in [1.29, 1.82) is 0 Å². The first-order valence-corrected chi connectivity index (χ1v) is 14.7. The molecule has 42 heavy (non-hydrogen) atoms. The lowest BCUT2D eigenvalue weighted by molar-refractivity contribution is -0.137. The number of aromatic nitrogens is 5. The number of fused-ring (bicyclic) bond motifs is 2. The molecule has 2 saturated carbocycles. The van der Waals surface area contributed by atoms with Crippen molar-refractivity contribution in [2.45, 2.75) is 70.0 Å². The molecule has 5 N–H and O–H groups in total. The molecule has 1 aromatic carbocycles. The average Bonchev–Trinajstić information content (AvgIpc) is 3.57. The number of rotatable bonds is 8. The van der Waals surface area contributed by atoms with Gasteiger partial charge in [0, 0.05) is 37.7 Å². The Hall–Kier alpha value is -2.93. The molecule has 0 bridgehead atoms. The molecule has 13 heteroatoms. The van der Waals surface area contributed by atoms with E-state index in [1.54, 1.807) is 0 Å². The topological polar surface area (TPSA) is 129 Å². The van der Waals surface area contributed by atoms with Crippen LogP contribution in [0.15, 0.2) is 30.7 Å². The molecule has 0 radical (unpaired) electrons. The minimum atomic E-state index is -4.52. The Bertz CT molecular complexity index is 1580. The van der Waals surface area contributed by atoms with Gasteiger partial charge >= 0.3 is 6.18 Å². The second-order valence-electron chi connectivity index (χ2n) is 12.2. The Balaban J connectivity index is 1.06. The van der Waals surface area contributed by atoms with Crippen molar-refractivity contribution in [3.8, 4) is 0 Å². The molecule has 2 aliphatic rings. The number of hydrogen-bond acceptors (Lipinski definition) is 7. The van der Waals surface area contributed by atoms with Crippen molar-refractivity contribution in [2.24, 2.45) is 17.8 Å². The van der Waals surface area contributed by atoms with Gasteiger partial charge in [-0.2, -0.15) is 13.2 Å². The SMILES string of the molecule is CC(C)N(CC1CC(Cc2nc3cc(Cl)c(C(F)(F)F)cc3[nH]2)C1)CC1CC(n2ccc3c(N)ncnc32)C(O)C1O. The second-order valence-corrected chi connectivity index (χ2v) is 12.7. The molecule has 4 unspecified atom stereocenters. The van der Waals surface area contributed by atoms with E-state index >= 15 is 0 Å². The van der Waals surface area contributed by atoms with E-state index in [4.69, 9.17) is 17.3 Å². The van der Waals surface area contributed by atoms with Crippen LogP contribution in [0.4, 0.5) is 19.0 Å². The Labute approximate surface area is 245 Å². The number of H-pyrrole nitrogens is 1. The third kappa shape index (κ3) is 5.45. The molecular weight excluding hydrogens is 571 g/mol. The van der Waals surface area contributed by atoms with Crippen LogP contribution in [-0.2, 0) is 12.6 Å². The van der Waals surface area contributed by atoms with E-state index in [-0.39, 0.29) is 23.0 Å². The van der Waals surface area contributed by atoms with Gasteiger partial charge in [-0.15, -0.1) is 0 Å². The number of aliphatic hydroxyl groups excluding tert-OH is 2. The van der Waals surface area contributed by atoms with Gasteiger partial charge in [-0.25, -0.2) is 15.0 Å². The summed E-state index contributed by atoms with van der Waals surface area (Å²) in [5.41, 5.74) is 6.54. The average molecular weight is 606 g/mol. The maximum atomic E-state index is 13.2. The molecule has 0 spiro atoms. The molecule has 3 heterocycles. The number of nitrogens with zero attached hydrogens (tertiary/aromatic N) is 5. The van der Waals surface area contributed by atoms with E-state index in [1.165, 1.54) is 12.4 Å². The summed E-state index contributed by atoms with van der Waals surface area (Å²) in [6.07, 6.45) is 0.207. The number of halogens is 4. The van der Waals surface area contributed by atoms with Gasteiger partial charge in [0.25, 0.3) is 0 Å². The zero-order valence-electron chi connectivity index (χ0n) is 23.4. The summed E-state index contributed by atoms with van der Waals surface area (Å²) in [7, 11) is 0. The summed E-state index contributed by atoms with van der Waals surface area (Å²) in [6, 6.07) is 4.08. The summed E-state index contributed by atoms with van der Waals surface area (Å²) >= 11 is 5.86. The number of nitrogens with two attached hydrogens (primary N) is 1. The van der Waals surface area contributed by atoms with Gasteiger partial charge in [-0.3, -0.25) is 0 Å². The third-order valence-electron chi connectivity index (χ3n) is 9.10. The molecule has 0 saturated heterocycles. The van der Waals surface area contributed by atoms with E-state index in [9.17, 15) is 23.4 Å². The number of imidazole rings is 1. The molecule has 2 aliphatic carbocycles. The van der Waals surface area contributed by atoms with Crippen molar-refractivity contribution in [1.82, 2.24) is 29.4 Å². The molecule has 4 atom stereocenters. The first kappa shape index (κ1) is 29.2. The minimum absolute atomic E-state index is 0.108. The Morgan fingerprint density at radius 3 is 2.60 bits per heavy atom. The van der Waals surface area contributed by atoms with Gasteiger partial charge in [0.05, 0.1) is 39.2 Å². The molecule has 3 aromatic heterocycles. The van der Waals surface area contributed by atoms with Gasteiger partial charge in [0.2, 0.25) is 0 Å². The number of anilines is 1. The highest BCUT2D eigenvalue weighted by molar-refractivity contribution is 6.32. The van der Waals surface area contributed by atoms with Crippen molar-refractivity contribution >= 4 is 39.5 Å². The van der Waals surface area contributed by atoms with E-state index in [0.717, 1.165) is 30.8 Å². The molecule has 4 aromatic rings. The van der Waals surface area contributed by atoms with Gasteiger partial charge < -0.3 is 30.4 Å². The smallest absolute Gasteiger partial charge is 0.390 e. The van der Waals surface area contributed by atoms with Crippen molar-refractivity contribution < 1.29 is 23.4 Å². The van der Waals surface area contributed by atoms with E-state index in [2.05, 4.69) is 38.7 Å². The van der Waals surface area contributed by atoms with Gasteiger partial charge in [-0.1, -0.05) is 11.6 Å². The van der Waals surface area contributed by atoms with Crippen molar-refractivity contribution in [3.05, 3.63) is 47.1 Å². The largest absolute Gasteiger partial charge is 0.417 e. The highest BCUT2D eigenvalue weighted by Gasteiger charge is 2.44. The number of nitrogen functional groups attached to an aromatic ring is 1. The quantitative estimate of drug-likeness (QED) is 0.227. The minimum Gasteiger partial charge on any atom is -0.390 e. The maximum Gasteiger partial charge on any atom is 0.417 e. The predicted octanol–water partition coefficient (Wildman–Crippen LogP) is 4.82. The zero-order valence-corrected chi connectivity index (χ0v) is 24.1. The van der Waals surface area contributed by atoms with Crippen LogP contribution in [0.5, 0.6) is 0 Å². The number of aromatic amines is 1. The number of benzene rings is 1. The highest BCUT2D eigenvalue weighted by atomic mass is 35.5. The van der Waals surface area contributed by atoms with Crippen LogP contribution < -0.4 is 5.73 Å². The number of alkyl halides is 3. The molecular formula is C29H35ClF3N7O2. The van der Waals surface area contributed by atoms with Crippen LogP contribution >= 0.6 is 11.6 Å². The lowest BCUT2D eigenvalue weighted by Crippen LogP contribution is -2.44. The monoisotopic (exact) mass is 605 g/mol. The fraction of sp³-hybridized carbons (Fsp3) is 0.552. The van der Waals surface area contributed by atoms with Crippen LogP contribution in [0.3, 0.4) is 0 Å². The van der Waals surface area contributed by atoms with E-state index in [1.807, 2.05) is 16.8 Å². The molecule has 2 fully saturated rings. The summed E-state index contributed by atoms with van der Waals surface area (Å²) in [4.78, 5) is 18.3. The van der Waals surface area contributed by atoms with Gasteiger partial charge in [-0.05, 0) is 63.1 Å². The van der Waals surface area contributed by atoms with Crippen molar-refractivity contribution in [3.63, 3.8) is 0 Å². The number of hydrogen-bond donors (Lipinski definition) is 4. The molecule has 0 amide bonds. The molecule has 6 rings (SSSR count). The number of aliphatic hydroxyl groups is 2. The van der Waals surface area contributed by atoms with Crippen LogP contribution in [-0.4, -0.2) is 71.0 Å². The summed E-state index contributed by atoms with van der Waals surface area (Å²) < 4.78 is 41.6. The fourth-order valence-corrected chi connectivity index (χ4v) is 7.07. The summed E-state index contributed by atoms with van der Waals surface area (Å²) in [5.74, 6) is 1.81. The Kier molecular flexibility index (Phi) is 7.61. The van der Waals surface area contributed by atoms with Gasteiger partial charge in [0.15, 0.2) is 0 Å². The van der Waals surface area contributed by atoms with Gasteiger partial charge in [0.1, 0.15) is 29.7 Å². The second kappa shape index (κ2) is 11.0. The normalized spacial score (nSPS) is 26.6. The number of nitrogens with one attached hydrogen (secondary N) is 1. The summed E-state index contributed by atoms with van der Waals surface area (Å²) in [6.45, 7) is 5.81. The fourth-order valence-electron chi connectivity index (χ4n) is 6.80. The first-order valence-electron chi connectivity index (χ1n) is 14.3. The van der Waals surface area contributed by atoms with Crippen LogP contribution in [0.25, 0.3) is 22.1 Å². The zero-order chi connectivity index (χ0) is 29.9. The lowest BCUT2D eigenvalue weighted by Gasteiger charge is -2.40. The summed E-state index contributed by atoms with van der Waals surface area (Å²) in [5, 5.41) is 22.4. The van der Waals surface area contributed by atoms with Crippen LogP contribution in [0.2, 0.25) is 5.02 Å². The Morgan fingerprint density at radius 2 is 1.88 bits per heavy atom. The predicted molar refractivity (Wildman–Crippen MR) is 154 cm³/mol. The van der Waals surface area contributed by atoms with Crippen LogP contribution in [0.1, 0.15) is 50.5 Å². The van der Waals surface area contributed by atoms with Crippen LogP contribution in [0, 0.1) is 17.8 Å². The maximum absolute atomic E-state index is 13.2. The Morgan fingerprint density at radius 1 is 1.12 bits per heavy atom.